The number of carbonyl (C=O) groups excluding carboxylic acids is 1. The Morgan fingerprint density at radius 3 is 2.76 bits per heavy atom. The van der Waals surface area contributed by atoms with Gasteiger partial charge in [-0.25, -0.2) is 0 Å². The van der Waals surface area contributed by atoms with E-state index in [9.17, 15) is 4.79 Å². The largest absolute Gasteiger partial charge is 0.372 e. The summed E-state index contributed by atoms with van der Waals surface area (Å²) in [5, 5.41) is 7.14. The second kappa shape index (κ2) is 5.73. The van der Waals surface area contributed by atoms with Crippen LogP contribution in [0.2, 0.25) is 0 Å². The third kappa shape index (κ3) is 2.93. The lowest BCUT2D eigenvalue weighted by Gasteiger charge is -2.34. The van der Waals surface area contributed by atoms with Gasteiger partial charge < -0.3 is 10.6 Å². The first-order valence-electron chi connectivity index (χ1n) is 8.73. The zero-order valence-corrected chi connectivity index (χ0v) is 14.9. The van der Waals surface area contributed by atoms with Gasteiger partial charge in [-0.05, 0) is 48.1 Å². The molecule has 1 aliphatic carbocycles. The van der Waals surface area contributed by atoms with Crippen LogP contribution < -0.4 is 10.6 Å². The zero-order valence-electron chi connectivity index (χ0n) is 14.9. The molecule has 2 N–H and O–H groups in total. The Balaban J connectivity index is 1.89. The number of fused-ring (bicyclic) bond motifs is 1. The van der Waals surface area contributed by atoms with Gasteiger partial charge in [0.1, 0.15) is 0 Å². The van der Waals surface area contributed by atoms with Crippen LogP contribution >= 0.6 is 0 Å². The van der Waals surface area contributed by atoms with Gasteiger partial charge in [-0.2, -0.15) is 0 Å². The van der Waals surface area contributed by atoms with Gasteiger partial charge in [-0.3, -0.25) is 9.78 Å². The first-order chi connectivity index (χ1) is 11.9. The van der Waals surface area contributed by atoms with Crippen molar-refractivity contribution in [2.75, 3.05) is 10.6 Å². The van der Waals surface area contributed by atoms with E-state index < -0.39 is 0 Å². The number of allylic oxidation sites excluding steroid dienone is 1. The van der Waals surface area contributed by atoms with Crippen LogP contribution in [0.25, 0.3) is 0 Å². The van der Waals surface area contributed by atoms with E-state index in [0.29, 0.717) is 6.42 Å². The monoisotopic (exact) mass is 333 g/mol. The maximum Gasteiger partial charge on any atom is 0.163 e. The number of Topliss-reactive ketones (excluding diaryl/α,β-unsaturated/α-hetero) is 1. The molecule has 4 heteroatoms. The highest BCUT2D eigenvalue weighted by Gasteiger charge is 2.38. The van der Waals surface area contributed by atoms with Crippen molar-refractivity contribution in [3.8, 4) is 0 Å². The van der Waals surface area contributed by atoms with E-state index >= 15 is 0 Å². The number of hydrogen-bond donors (Lipinski definition) is 2. The molecule has 0 unspecified atom stereocenters. The van der Waals surface area contributed by atoms with E-state index in [1.807, 2.05) is 18.3 Å². The topological polar surface area (TPSA) is 54.0 Å². The number of nitrogens with zero attached hydrogens (tertiary/aromatic N) is 1. The summed E-state index contributed by atoms with van der Waals surface area (Å²) in [5.41, 5.74) is 6.09. The molecule has 0 fully saturated rings. The summed E-state index contributed by atoms with van der Waals surface area (Å²) in [6.45, 7) is 6.39. The van der Waals surface area contributed by atoms with Gasteiger partial charge in [0, 0.05) is 30.1 Å². The minimum atomic E-state index is -0.178. The fourth-order valence-corrected chi connectivity index (χ4v) is 3.85. The predicted octanol–water partition coefficient (Wildman–Crippen LogP) is 4.61. The Bertz CT molecular complexity index is 868. The van der Waals surface area contributed by atoms with Crippen molar-refractivity contribution in [1.29, 1.82) is 0 Å². The molecule has 128 valence electrons. The number of ketones is 1. The van der Waals surface area contributed by atoms with E-state index in [0.717, 1.165) is 34.6 Å². The molecule has 0 radical (unpaired) electrons. The van der Waals surface area contributed by atoms with Crippen molar-refractivity contribution < 1.29 is 4.79 Å². The molecule has 0 saturated carbocycles. The maximum atomic E-state index is 13.0. The highest BCUT2D eigenvalue weighted by atomic mass is 16.1. The molecule has 1 atom stereocenters. The van der Waals surface area contributed by atoms with Crippen LogP contribution in [0.5, 0.6) is 0 Å². The van der Waals surface area contributed by atoms with Crippen molar-refractivity contribution in [3.63, 3.8) is 0 Å². The molecule has 0 amide bonds. The summed E-state index contributed by atoms with van der Waals surface area (Å²) in [5.74, 6) is 0.213. The second-order valence-electron chi connectivity index (χ2n) is 7.87. The molecule has 0 spiro atoms. The molecule has 0 saturated heterocycles. The average molecular weight is 333 g/mol. The van der Waals surface area contributed by atoms with Gasteiger partial charge in [0.25, 0.3) is 0 Å². The maximum absolute atomic E-state index is 13.0. The SMILES string of the molecule is Cc1ccc2c(c1)N[C@H](c1cccnc1)C1=C(CC(C)(C)CC1=O)N2. The third-order valence-corrected chi connectivity index (χ3v) is 4.99. The summed E-state index contributed by atoms with van der Waals surface area (Å²) in [6, 6.07) is 10.1. The van der Waals surface area contributed by atoms with Gasteiger partial charge in [-0.15, -0.1) is 0 Å². The van der Waals surface area contributed by atoms with Crippen LogP contribution in [-0.2, 0) is 4.79 Å². The third-order valence-electron chi connectivity index (χ3n) is 4.99. The molecular formula is C21H23N3O. The van der Waals surface area contributed by atoms with Gasteiger partial charge in [0.2, 0.25) is 0 Å². The number of aryl methyl sites for hydroxylation is 1. The Labute approximate surface area is 148 Å². The van der Waals surface area contributed by atoms with Crippen LogP contribution in [0.4, 0.5) is 11.4 Å². The molecule has 1 aliphatic heterocycles. The second-order valence-corrected chi connectivity index (χ2v) is 7.87. The molecule has 25 heavy (non-hydrogen) atoms. The fourth-order valence-electron chi connectivity index (χ4n) is 3.85. The number of hydrogen-bond acceptors (Lipinski definition) is 4. The lowest BCUT2D eigenvalue weighted by atomic mass is 9.73. The highest BCUT2D eigenvalue weighted by molar-refractivity contribution is 6.01. The van der Waals surface area contributed by atoms with Gasteiger partial charge >= 0.3 is 0 Å². The first kappa shape index (κ1) is 15.9. The number of nitrogens with one attached hydrogen (secondary N) is 2. The van der Waals surface area contributed by atoms with Crippen molar-refractivity contribution in [1.82, 2.24) is 4.98 Å². The minimum absolute atomic E-state index is 0.0302. The fraction of sp³-hybridized carbons (Fsp3) is 0.333. The number of pyridine rings is 1. The Hall–Kier alpha value is -2.62. The molecule has 4 rings (SSSR count). The first-order valence-corrected chi connectivity index (χ1v) is 8.73. The van der Waals surface area contributed by atoms with Crippen LogP contribution in [0.15, 0.2) is 54.0 Å². The summed E-state index contributed by atoms with van der Waals surface area (Å²) < 4.78 is 0. The van der Waals surface area contributed by atoms with E-state index in [4.69, 9.17) is 0 Å². The van der Waals surface area contributed by atoms with Crippen LogP contribution in [0, 0.1) is 12.3 Å². The molecule has 0 bridgehead atoms. The molecule has 4 nitrogen and oxygen atoms in total. The van der Waals surface area contributed by atoms with E-state index in [2.05, 4.69) is 54.6 Å². The van der Waals surface area contributed by atoms with E-state index in [1.54, 1.807) is 6.20 Å². The number of carbonyl (C=O) groups is 1. The van der Waals surface area contributed by atoms with E-state index in [1.165, 1.54) is 5.56 Å². The van der Waals surface area contributed by atoms with E-state index in [-0.39, 0.29) is 17.2 Å². The standard InChI is InChI=1S/C21H23N3O/c1-13-6-7-15-16(9-13)24-20(14-5-4-8-22-12-14)19-17(23-15)10-21(2,3)11-18(19)25/h4-9,12,20,23-24H,10-11H2,1-3H3/t20-/m1/s1. The molecule has 2 heterocycles. The summed E-state index contributed by atoms with van der Waals surface area (Å²) in [6.07, 6.45) is 5.04. The molecule has 2 aromatic rings. The summed E-state index contributed by atoms with van der Waals surface area (Å²) in [4.78, 5) is 17.3. The number of aromatic nitrogens is 1. The highest BCUT2D eigenvalue weighted by Crippen LogP contribution is 2.45. The smallest absolute Gasteiger partial charge is 0.163 e. The number of anilines is 2. The van der Waals surface area contributed by atoms with Gasteiger partial charge in [-0.1, -0.05) is 26.0 Å². The van der Waals surface area contributed by atoms with Crippen molar-refractivity contribution in [2.24, 2.45) is 5.41 Å². The van der Waals surface area contributed by atoms with Crippen molar-refractivity contribution >= 4 is 17.2 Å². The van der Waals surface area contributed by atoms with Crippen LogP contribution in [0.1, 0.15) is 43.9 Å². The van der Waals surface area contributed by atoms with Crippen molar-refractivity contribution in [3.05, 3.63) is 65.1 Å². The van der Waals surface area contributed by atoms with Gasteiger partial charge in [0.05, 0.1) is 17.4 Å². The molecule has 2 aliphatic rings. The van der Waals surface area contributed by atoms with Crippen molar-refractivity contribution in [2.45, 2.75) is 39.7 Å². The lowest BCUT2D eigenvalue weighted by molar-refractivity contribution is -0.118. The Morgan fingerprint density at radius 1 is 1.16 bits per heavy atom. The van der Waals surface area contributed by atoms with Crippen LogP contribution in [0.3, 0.4) is 0 Å². The number of benzene rings is 1. The lowest BCUT2D eigenvalue weighted by Crippen LogP contribution is -2.31. The zero-order chi connectivity index (χ0) is 17.6. The normalized spacial score (nSPS) is 21.6. The summed E-state index contributed by atoms with van der Waals surface area (Å²) >= 11 is 0. The Morgan fingerprint density at radius 2 is 2.00 bits per heavy atom. The average Bonchev–Trinajstić information content (AvgIpc) is 2.70. The molecule has 1 aromatic carbocycles. The molecule has 1 aromatic heterocycles. The molecular weight excluding hydrogens is 310 g/mol. The minimum Gasteiger partial charge on any atom is -0.372 e. The van der Waals surface area contributed by atoms with Gasteiger partial charge in [0.15, 0.2) is 5.78 Å². The predicted molar refractivity (Wildman–Crippen MR) is 100 cm³/mol. The van der Waals surface area contributed by atoms with Crippen LogP contribution in [-0.4, -0.2) is 10.8 Å². The summed E-state index contributed by atoms with van der Waals surface area (Å²) in [7, 11) is 0. The Kier molecular flexibility index (Phi) is 3.64. The number of rotatable bonds is 1. The quantitative estimate of drug-likeness (QED) is 0.800.